The van der Waals surface area contributed by atoms with Crippen molar-refractivity contribution in [2.75, 3.05) is 6.61 Å². The Hall–Kier alpha value is -1.48. The molecule has 3 rings (SSSR count). The molecule has 0 bridgehead atoms. The zero-order chi connectivity index (χ0) is 15.2. The molecular formula is C14H17NO6. The molecule has 0 aliphatic carbocycles. The predicted octanol–water partition coefficient (Wildman–Crippen LogP) is -1.21. The van der Waals surface area contributed by atoms with Crippen molar-refractivity contribution >= 4 is 10.9 Å². The molecule has 1 aliphatic rings. The third-order valence-electron chi connectivity index (χ3n) is 3.98. The van der Waals surface area contributed by atoms with E-state index in [-0.39, 0.29) is 5.69 Å². The summed E-state index contributed by atoms with van der Waals surface area (Å²) in [6.45, 7) is -0.604. The van der Waals surface area contributed by atoms with Gasteiger partial charge in [0.25, 0.3) is 0 Å². The largest absolute Gasteiger partial charge is 0.394 e. The molecular weight excluding hydrogens is 278 g/mol. The summed E-state index contributed by atoms with van der Waals surface area (Å²) in [4.78, 5) is 2.91. The number of para-hydroxylation sites is 1. The fourth-order valence-electron chi connectivity index (χ4n) is 2.75. The van der Waals surface area contributed by atoms with Gasteiger partial charge in [-0.05, 0) is 17.5 Å². The highest BCUT2D eigenvalue weighted by Crippen LogP contribution is 2.38. The molecule has 6 N–H and O–H groups in total. The van der Waals surface area contributed by atoms with Crippen LogP contribution in [0.15, 0.2) is 30.3 Å². The number of nitrogens with one attached hydrogen (secondary N) is 1. The van der Waals surface area contributed by atoms with Crippen molar-refractivity contribution in [2.45, 2.75) is 30.2 Å². The molecule has 2 heterocycles. The summed E-state index contributed by atoms with van der Waals surface area (Å²) in [5, 5.41) is 50.7. The summed E-state index contributed by atoms with van der Waals surface area (Å²) in [6, 6.07) is 8.77. The van der Waals surface area contributed by atoms with Crippen LogP contribution in [-0.2, 0) is 10.3 Å². The molecule has 21 heavy (non-hydrogen) atoms. The Morgan fingerprint density at radius 3 is 2.52 bits per heavy atom. The Kier molecular flexibility index (Phi) is 3.48. The molecule has 0 amide bonds. The quantitative estimate of drug-likeness (QED) is 0.413. The fraction of sp³-hybridized carbons (Fsp3) is 0.429. The highest BCUT2D eigenvalue weighted by Gasteiger charge is 2.56. The lowest BCUT2D eigenvalue weighted by Crippen LogP contribution is -2.65. The highest BCUT2D eigenvalue weighted by molar-refractivity contribution is 5.80. The molecule has 0 saturated carbocycles. The number of aliphatic hydroxyl groups excluding tert-OH is 4. The van der Waals surface area contributed by atoms with E-state index >= 15 is 0 Å². The number of aromatic amines is 1. The SMILES string of the molecule is OC[C@H]1O[C@@H](O)[C@H](O)[C@](O)(c2cc3ccccc3[nH]2)[C@@H]1O. The molecule has 114 valence electrons. The topological polar surface area (TPSA) is 126 Å². The first-order valence-electron chi connectivity index (χ1n) is 6.59. The maximum atomic E-state index is 10.8. The summed E-state index contributed by atoms with van der Waals surface area (Å²) in [5.41, 5.74) is -1.32. The molecule has 7 heteroatoms. The number of H-pyrrole nitrogens is 1. The normalized spacial score (nSPS) is 37.0. The monoisotopic (exact) mass is 295 g/mol. The van der Waals surface area contributed by atoms with E-state index in [1.165, 1.54) is 0 Å². The van der Waals surface area contributed by atoms with Crippen LogP contribution in [0, 0.1) is 0 Å². The van der Waals surface area contributed by atoms with Crippen LogP contribution in [0.2, 0.25) is 0 Å². The van der Waals surface area contributed by atoms with Crippen LogP contribution in [0.3, 0.4) is 0 Å². The van der Waals surface area contributed by atoms with E-state index in [9.17, 15) is 25.5 Å². The van der Waals surface area contributed by atoms with Crippen molar-refractivity contribution in [3.63, 3.8) is 0 Å². The van der Waals surface area contributed by atoms with Crippen molar-refractivity contribution < 1.29 is 30.3 Å². The zero-order valence-electron chi connectivity index (χ0n) is 11.0. The van der Waals surface area contributed by atoms with Gasteiger partial charge in [0.2, 0.25) is 0 Å². The van der Waals surface area contributed by atoms with E-state index in [1.54, 1.807) is 24.3 Å². The fourth-order valence-corrected chi connectivity index (χ4v) is 2.75. The minimum absolute atomic E-state index is 0.143. The van der Waals surface area contributed by atoms with Crippen LogP contribution in [0.4, 0.5) is 0 Å². The van der Waals surface area contributed by atoms with E-state index in [0.717, 1.165) is 5.39 Å². The summed E-state index contributed by atoms with van der Waals surface area (Å²) >= 11 is 0. The number of aliphatic hydroxyl groups is 5. The van der Waals surface area contributed by atoms with Crippen molar-refractivity contribution in [1.29, 1.82) is 0 Å². The lowest BCUT2D eigenvalue weighted by Gasteiger charge is -2.45. The number of aromatic nitrogens is 1. The van der Waals surface area contributed by atoms with Gasteiger partial charge < -0.3 is 35.3 Å². The molecule has 1 aromatic carbocycles. The summed E-state index contributed by atoms with van der Waals surface area (Å²) < 4.78 is 4.88. The molecule has 0 radical (unpaired) electrons. The zero-order valence-corrected chi connectivity index (χ0v) is 11.0. The second-order valence-electron chi connectivity index (χ2n) is 5.23. The number of hydrogen-bond acceptors (Lipinski definition) is 6. The van der Waals surface area contributed by atoms with Gasteiger partial charge in [0.15, 0.2) is 11.9 Å². The maximum absolute atomic E-state index is 10.8. The Labute approximate surface area is 120 Å². The first kappa shape index (κ1) is 14.5. The molecule has 1 aliphatic heterocycles. The molecule has 7 nitrogen and oxygen atoms in total. The van der Waals surface area contributed by atoms with Gasteiger partial charge in [-0.15, -0.1) is 0 Å². The van der Waals surface area contributed by atoms with Gasteiger partial charge in [-0.1, -0.05) is 18.2 Å². The second-order valence-corrected chi connectivity index (χ2v) is 5.23. The molecule has 1 fully saturated rings. The average Bonchev–Trinajstić information content (AvgIpc) is 2.93. The second kappa shape index (κ2) is 5.06. The minimum atomic E-state index is -2.18. The van der Waals surface area contributed by atoms with Crippen LogP contribution in [0.5, 0.6) is 0 Å². The predicted molar refractivity (Wildman–Crippen MR) is 72.2 cm³/mol. The van der Waals surface area contributed by atoms with Crippen LogP contribution >= 0.6 is 0 Å². The van der Waals surface area contributed by atoms with Crippen molar-refractivity contribution in [3.8, 4) is 0 Å². The van der Waals surface area contributed by atoms with Crippen molar-refractivity contribution in [2.24, 2.45) is 0 Å². The molecule has 2 aromatic rings. The Morgan fingerprint density at radius 1 is 1.14 bits per heavy atom. The molecule has 0 spiro atoms. The van der Waals surface area contributed by atoms with Crippen LogP contribution in [0.25, 0.3) is 10.9 Å². The number of benzene rings is 1. The summed E-state index contributed by atoms with van der Waals surface area (Å²) in [5.74, 6) is 0. The van der Waals surface area contributed by atoms with Crippen LogP contribution < -0.4 is 0 Å². The van der Waals surface area contributed by atoms with E-state index < -0.39 is 36.8 Å². The number of ether oxygens (including phenoxy) is 1. The average molecular weight is 295 g/mol. The van der Waals surface area contributed by atoms with Gasteiger partial charge in [-0.25, -0.2) is 0 Å². The highest BCUT2D eigenvalue weighted by atomic mass is 16.6. The van der Waals surface area contributed by atoms with E-state index in [2.05, 4.69) is 4.98 Å². The lowest BCUT2D eigenvalue weighted by molar-refractivity contribution is -0.327. The Balaban J connectivity index is 2.10. The van der Waals surface area contributed by atoms with Gasteiger partial charge in [0, 0.05) is 5.52 Å². The van der Waals surface area contributed by atoms with Gasteiger partial charge in [-0.2, -0.15) is 0 Å². The first-order chi connectivity index (χ1) is 9.98. The Morgan fingerprint density at radius 2 is 1.86 bits per heavy atom. The van der Waals surface area contributed by atoms with Gasteiger partial charge in [0.05, 0.1) is 12.3 Å². The number of hydrogen-bond donors (Lipinski definition) is 6. The van der Waals surface area contributed by atoms with E-state index in [1.807, 2.05) is 6.07 Å². The smallest absolute Gasteiger partial charge is 0.184 e. The first-order valence-corrected chi connectivity index (χ1v) is 6.59. The third kappa shape index (κ3) is 2.06. The lowest BCUT2D eigenvalue weighted by atomic mass is 9.81. The summed E-state index contributed by atoms with van der Waals surface area (Å²) in [7, 11) is 0. The standard InChI is InChI=1S/C14H17NO6/c16-6-9-11(17)14(20,12(18)13(19)21-9)10-5-7-3-1-2-4-8(7)15-10/h1-5,9,11-13,15-20H,6H2/t9-,11-,12+,13-,14+/m1/s1. The van der Waals surface area contributed by atoms with Crippen LogP contribution in [-0.4, -0.2) is 61.7 Å². The summed E-state index contributed by atoms with van der Waals surface area (Å²) in [6.07, 6.45) is -6.29. The van der Waals surface area contributed by atoms with Crippen molar-refractivity contribution in [3.05, 3.63) is 36.0 Å². The Bertz CT molecular complexity index is 610. The van der Waals surface area contributed by atoms with Gasteiger partial charge >= 0.3 is 0 Å². The molecule has 1 saturated heterocycles. The minimum Gasteiger partial charge on any atom is -0.394 e. The number of rotatable bonds is 2. The van der Waals surface area contributed by atoms with E-state index in [4.69, 9.17) is 4.74 Å². The molecule has 5 atom stereocenters. The molecule has 0 unspecified atom stereocenters. The van der Waals surface area contributed by atoms with Gasteiger partial charge in [0.1, 0.15) is 18.3 Å². The van der Waals surface area contributed by atoms with Gasteiger partial charge in [-0.3, -0.25) is 0 Å². The van der Waals surface area contributed by atoms with E-state index in [0.29, 0.717) is 5.52 Å². The maximum Gasteiger partial charge on any atom is 0.184 e. The third-order valence-corrected chi connectivity index (χ3v) is 3.98. The van der Waals surface area contributed by atoms with Crippen LogP contribution in [0.1, 0.15) is 5.69 Å². The molecule has 1 aromatic heterocycles. The number of fused-ring (bicyclic) bond motifs is 1. The van der Waals surface area contributed by atoms with Crippen molar-refractivity contribution in [1.82, 2.24) is 4.98 Å².